The van der Waals surface area contributed by atoms with Gasteiger partial charge < -0.3 is 0 Å². The maximum atomic E-state index is 12.9. The number of hydrogen-bond donors (Lipinski definition) is 0. The largest absolute Gasteiger partial charge is 0.291 e. The van der Waals surface area contributed by atoms with Crippen LogP contribution < -0.4 is 0 Å². The predicted octanol–water partition coefficient (Wildman–Crippen LogP) is 2.51. The molecule has 0 fully saturated rings. The normalized spacial score (nSPS) is 12.2. The van der Waals surface area contributed by atoms with E-state index in [1.165, 1.54) is 19.1 Å². The minimum absolute atomic E-state index is 0.101. The zero-order valence-corrected chi connectivity index (χ0v) is 10.0. The lowest BCUT2D eigenvalue weighted by atomic mass is 10.0. The van der Waals surface area contributed by atoms with E-state index in [2.05, 4.69) is 0 Å². The standard InChI is InChI=1S/C12H11F2O2S/c1-8(16)17-7-10(6-15)2-9-3-11(13)5-12(14)4-9/h3-5,10H,2,7H2,1H3. The van der Waals surface area contributed by atoms with Gasteiger partial charge in [0.15, 0.2) is 5.12 Å². The molecule has 1 atom stereocenters. The van der Waals surface area contributed by atoms with Crippen LogP contribution >= 0.6 is 11.8 Å². The van der Waals surface area contributed by atoms with Gasteiger partial charge in [-0.15, -0.1) is 0 Å². The van der Waals surface area contributed by atoms with Crippen LogP contribution in [0.3, 0.4) is 0 Å². The van der Waals surface area contributed by atoms with Gasteiger partial charge in [0.2, 0.25) is 6.29 Å². The Morgan fingerprint density at radius 2 is 1.94 bits per heavy atom. The Balaban J connectivity index is 2.66. The Kier molecular flexibility index (Phi) is 5.28. The molecule has 0 aliphatic carbocycles. The molecule has 1 aromatic carbocycles. The molecule has 0 aliphatic rings. The van der Waals surface area contributed by atoms with Crippen molar-refractivity contribution in [2.45, 2.75) is 13.3 Å². The number of benzene rings is 1. The van der Waals surface area contributed by atoms with Crippen molar-refractivity contribution < 1.29 is 18.4 Å². The predicted molar refractivity (Wildman–Crippen MR) is 62.4 cm³/mol. The molecule has 1 rings (SSSR count). The van der Waals surface area contributed by atoms with Crippen LogP contribution in [0.2, 0.25) is 0 Å². The second-order valence-corrected chi connectivity index (χ2v) is 4.80. The summed E-state index contributed by atoms with van der Waals surface area (Å²) >= 11 is 1.00. The fourth-order valence-corrected chi connectivity index (χ4v) is 1.99. The van der Waals surface area contributed by atoms with Gasteiger partial charge >= 0.3 is 0 Å². The number of rotatable bonds is 5. The second kappa shape index (κ2) is 6.49. The van der Waals surface area contributed by atoms with Crippen LogP contribution in [-0.4, -0.2) is 17.2 Å². The molecular formula is C12H11F2O2S. The van der Waals surface area contributed by atoms with E-state index in [-0.39, 0.29) is 17.3 Å². The summed E-state index contributed by atoms with van der Waals surface area (Å²) in [5, 5.41) is -0.101. The van der Waals surface area contributed by atoms with Crippen molar-refractivity contribution in [3.8, 4) is 0 Å². The number of carbonyl (C=O) groups excluding carboxylic acids is 2. The third kappa shape index (κ3) is 5.08. The van der Waals surface area contributed by atoms with Gasteiger partial charge in [0, 0.05) is 24.7 Å². The first-order valence-corrected chi connectivity index (χ1v) is 5.96. The Morgan fingerprint density at radius 3 is 2.41 bits per heavy atom. The number of hydrogen-bond acceptors (Lipinski definition) is 3. The van der Waals surface area contributed by atoms with E-state index in [0.717, 1.165) is 17.8 Å². The minimum atomic E-state index is -0.677. The Hall–Kier alpha value is -1.23. The van der Waals surface area contributed by atoms with Gasteiger partial charge in [0.1, 0.15) is 11.6 Å². The van der Waals surface area contributed by atoms with Crippen molar-refractivity contribution >= 4 is 23.2 Å². The van der Waals surface area contributed by atoms with Gasteiger partial charge in [0.25, 0.3) is 0 Å². The highest BCUT2D eigenvalue weighted by atomic mass is 32.2. The first-order chi connectivity index (χ1) is 8.01. The van der Waals surface area contributed by atoms with Gasteiger partial charge in [-0.3, -0.25) is 9.59 Å². The lowest BCUT2D eigenvalue weighted by Crippen LogP contribution is -2.10. The van der Waals surface area contributed by atoms with Crippen LogP contribution in [-0.2, 0) is 16.0 Å². The van der Waals surface area contributed by atoms with Crippen LogP contribution in [0.1, 0.15) is 12.5 Å². The quantitative estimate of drug-likeness (QED) is 0.812. The molecular weight excluding hydrogens is 246 g/mol. The van der Waals surface area contributed by atoms with E-state index in [1.54, 1.807) is 6.29 Å². The summed E-state index contributed by atoms with van der Waals surface area (Å²) < 4.78 is 25.8. The van der Waals surface area contributed by atoms with E-state index in [4.69, 9.17) is 0 Å². The molecule has 0 aromatic heterocycles. The van der Waals surface area contributed by atoms with Crippen molar-refractivity contribution in [1.82, 2.24) is 0 Å². The van der Waals surface area contributed by atoms with Gasteiger partial charge in [-0.2, -0.15) is 0 Å². The van der Waals surface area contributed by atoms with Gasteiger partial charge in [-0.25, -0.2) is 8.78 Å². The van der Waals surface area contributed by atoms with E-state index < -0.39 is 17.6 Å². The number of thioether (sulfide) groups is 1. The molecule has 1 unspecified atom stereocenters. The summed E-state index contributed by atoms with van der Waals surface area (Å²) in [6.45, 7) is 1.40. The average Bonchev–Trinajstić information content (AvgIpc) is 2.22. The maximum Gasteiger partial charge on any atom is 0.202 e. The summed E-state index contributed by atoms with van der Waals surface area (Å²) in [5.74, 6) is -1.62. The molecule has 0 heterocycles. The van der Waals surface area contributed by atoms with Crippen molar-refractivity contribution in [1.29, 1.82) is 0 Å². The highest BCUT2D eigenvalue weighted by molar-refractivity contribution is 8.13. The summed E-state index contributed by atoms with van der Waals surface area (Å²) in [7, 11) is 0. The third-order valence-corrected chi connectivity index (χ3v) is 3.03. The maximum absolute atomic E-state index is 12.9. The van der Waals surface area contributed by atoms with Crippen molar-refractivity contribution in [3.05, 3.63) is 35.4 Å². The topological polar surface area (TPSA) is 34.1 Å². The SMILES string of the molecule is CC(=O)SCC([C]=O)Cc1cc(F)cc(F)c1. The van der Waals surface area contributed by atoms with Crippen molar-refractivity contribution in [2.75, 3.05) is 5.75 Å². The van der Waals surface area contributed by atoms with Gasteiger partial charge in [-0.1, -0.05) is 11.8 Å². The van der Waals surface area contributed by atoms with Crippen LogP contribution in [0.25, 0.3) is 0 Å². The molecule has 0 saturated heterocycles. The smallest absolute Gasteiger partial charge is 0.202 e. The first-order valence-electron chi connectivity index (χ1n) is 4.97. The molecule has 1 aromatic rings. The second-order valence-electron chi connectivity index (χ2n) is 3.60. The lowest BCUT2D eigenvalue weighted by Gasteiger charge is -2.08. The van der Waals surface area contributed by atoms with Gasteiger partial charge in [-0.05, 0) is 24.1 Å². The van der Waals surface area contributed by atoms with Crippen LogP contribution in [0, 0.1) is 17.6 Å². The fraction of sp³-hybridized carbons (Fsp3) is 0.333. The van der Waals surface area contributed by atoms with Crippen molar-refractivity contribution in [3.63, 3.8) is 0 Å². The molecule has 2 nitrogen and oxygen atoms in total. The Morgan fingerprint density at radius 1 is 1.35 bits per heavy atom. The third-order valence-electron chi connectivity index (χ3n) is 2.06. The van der Waals surface area contributed by atoms with E-state index in [9.17, 15) is 18.4 Å². The zero-order valence-electron chi connectivity index (χ0n) is 9.20. The molecule has 5 heteroatoms. The zero-order chi connectivity index (χ0) is 12.8. The number of carbonyl (C=O) groups is 1. The molecule has 0 saturated carbocycles. The molecule has 0 N–H and O–H groups in total. The Labute approximate surface area is 102 Å². The van der Waals surface area contributed by atoms with Crippen LogP contribution in [0.4, 0.5) is 8.78 Å². The molecule has 17 heavy (non-hydrogen) atoms. The summed E-state index contributed by atoms with van der Waals surface area (Å²) in [6, 6.07) is 3.12. The van der Waals surface area contributed by atoms with E-state index in [0.29, 0.717) is 5.56 Å². The summed E-state index contributed by atoms with van der Waals surface area (Å²) in [6.07, 6.45) is 1.96. The van der Waals surface area contributed by atoms with E-state index in [1.807, 2.05) is 0 Å². The number of halogens is 2. The first kappa shape index (κ1) is 13.8. The van der Waals surface area contributed by atoms with Gasteiger partial charge in [0.05, 0.1) is 0 Å². The highest BCUT2D eigenvalue weighted by Gasteiger charge is 2.12. The minimum Gasteiger partial charge on any atom is -0.291 e. The molecule has 0 spiro atoms. The summed E-state index contributed by atoms with van der Waals surface area (Å²) in [5.41, 5.74) is 0.389. The Bertz CT molecular complexity index is 401. The van der Waals surface area contributed by atoms with Crippen molar-refractivity contribution in [2.24, 2.45) is 5.92 Å². The average molecular weight is 257 g/mol. The van der Waals surface area contributed by atoms with Crippen LogP contribution in [0.15, 0.2) is 18.2 Å². The molecule has 0 amide bonds. The molecule has 0 bridgehead atoms. The summed E-state index contributed by atoms with van der Waals surface area (Å²) in [4.78, 5) is 21.4. The van der Waals surface area contributed by atoms with E-state index >= 15 is 0 Å². The monoisotopic (exact) mass is 257 g/mol. The van der Waals surface area contributed by atoms with Crippen LogP contribution in [0.5, 0.6) is 0 Å². The highest BCUT2D eigenvalue weighted by Crippen LogP contribution is 2.16. The molecule has 1 radical (unpaired) electrons. The fourth-order valence-electron chi connectivity index (χ4n) is 1.37. The lowest BCUT2D eigenvalue weighted by molar-refractivity contribution is -0.109. The molecule has 0 aliphatic heterocycles. The molecule has 91 valence electrons.